The van der Waals surface area contributed by atoms with Crippen LogP contribution in [0.2, 0.25) is 0 Å². The van der Waals surface area contributed by atoms with Crippen LogP contribution in [0.4, 0.5) is 0 Å². The van der Waals surface area contributed by atoms with Gasteiger partial charge in [-0.25, -0.2) is 9.97 Å². The van der Waals surface area contributed by atoms with E-state index in [4.69, 9.17) is 0 Å². The molecule has 0 saturated carbocycles. The van der Waals surface area contributed by atoms with Crippen molar-refractivity contribution in [1.82, 2.24) is 24.8 Å². The van der Waals surface area contributed by atoms with Gasteiger partial charge in [-0.05, 0) is 25.0 Å². The second-order valence-electron chi connectivity index (χ2n) is 5.81. The highest BCUT2D eigenvalue weighted by atomic mass is 16.3. The van der Waals surface area contributed by atoms with E-state index in [0.29, 0.717) is 18.8 Å². The fourth-order valence-corrected chi connectivity index (χ4v) is 3.07. The van der Waals surface area contributed by atoms with Crippen molar-refractivity contribution in [1.29, 1.82) is 0 Å². The van der Waals surface area contributed by atoms with Gasteiger partial charge in [0.05, 0.1) is 11.8 Å². The van der Waals surface area contributed by atoms with Gasteiger partial charge in [-0.1, -0.05) is 0 Å². The molecule has 7 heteroatoms. The molecule has 4 heterocycles. The number of β-amino-alcohol motifs (C(OH)–C–C–N with tert-alkyl or cyclic N) is 1. The van der Waals surface area contributed by atoms with Gasteiger partial charge < -0.3 is 20.0 Å². The van der Waals surface area contributed by atoms with Gasteiger partial charge >= 0.3 is 0 Å². The number of aromatic amines is 2. The molecule has 4 rings (SSSR count). The number of fused-ring (bicyclic) bond motifs is 1. The highest BCUT2D eigenvalue weighted by molar-refractivity contribution is 5.96. The van der Waals surface area contributed by atoms with E-state index >= 15 is 0 Å². The third kappa shape index (κ3) is 2.49. The van der Waals surface area contributed by atoms with Crippen molar-refractivity contribution >= 4 is 16.9 Å². The first-order valence-electron chi connectivity index (χ1n) is 7.66. The molecular weight excluding hydrogens is 294 g/mol. The number of aromatic nitrogens is 4. The number of rotatable bonds is 2. The minimum Gasteiger partial charge on any atom is -0.391 e. The molecule has 1 saturated heterocycles. The van der Waals surface area contributed by atoms with Crippen LogP contribution in [0.1, 0.15) is 24.8 Å². The standard InChI is InChI=1S/C16H17N5O2.H2/c22-11-2-1-5-21(8-11)16(23)13-6-10(7-18-13)14-12-3-4-17-15(12)20-9-19-14;/h3-4,6-7,9,11,18,22H,1-2,5,8H2,(H,17,19,20);1H. The Morgan fingerprint density at radius 3 is 3.17 bits per heavy atom. The highest BCUT2D eigenvalue weighted by Gasteiger charge is 2.24. The summed E-state index contributed by atoms with van der Waals surface area (Å²) in [5, 5.41) is 10.6. The molecule has 1 amide bonds. The maximum Gasteiger partial charge on any atom is 0.270 e. The number of amides is 1. The van der Waals surface area contributed by atoms with E-state index in [1.54, 1.807) is 17.2 Å². The van der Waals surface area contributed by atoms with E-state index < -0.39 is 6.10 Å². The van der Waals surface area contributed by atoms with Crippen LogP contribution in [0.15, 0.2) is 30.9 Å². The fraction of sp³-hybridized carbons (Fsp3) is 0.312. The summed E-state index contributed by atoms with van der Waals surface area (Å²) in [5.41, 5.74) is 2.91. The minimum atomic E-state index is -0.427. The van der Waals surface area contributed by atoms with Crippen LogP contribution in [-0.2, 0) is 0 Å². The third-order valence-corrected chi connectivity index (χ3v) is 4.22. The Hall–Kier alpha value is -2.67. The van der Waals surface area contributed by atoms with Gasteiger partial charge in [0.25, 0.3) is 5.91 Å². The van der Waals surface area contributed by atoms with Crippen LogP contribution in [0.5, 0.6) is 0 Å². The highest BCUT2D eigenvalue weighted by Crippen LogP contribution is 2.26. The van der Waals surface area contributed by atoms with Crippen molar-refractivity contribution in [3.63, 3.8) is 0 Å². The van der Waals surface area contributed by atoms with Gasteiger partial charge in [0, 0.05) is 37.9 Å². The topological polar surface area (TPSA) is 97.9 Å². The molecule has 3 aromatic rings. The van der Waals surface area contributed by atoms with E-state index in [0.717, 1.165) is 35.1 Å². The number of aliphatic hydroxyl groups excluding tert-OH is 1. The molecule has 0 aliphatic carbocycles. The lowest BCUT2D eigenvalue weighted by Crippen LogP contribution is -2.42. The summed E-state index contributed by atoms with van der Waals surface area (Å²) < 4.78 is 0. The SMILES string of the molecule is O=C(c1cc(-c2ncnc3[nH]ccc23)c[nH]1)N1CCCC(O)C1.[HH]. The summed E-state index contributed by atoms with van der Waals surface area (Å²) >= 11 is 0. The number of nitrogens with one attached hydrogen (secondary N) is 2. The number of carbonyl (C=O) groups is 1. The number of H-pyrrole nitrogens is 2. The van der Waals surface area contributed by atoms with Crippen LogP contribution >= 0.6 is 0 Å². The normalized spacial score (nSPS) is 18.5. The number of carbonyl (C=O) groups excluding carboxylic acids is 1. The quantitative estimate of drug-likeness (QED) is 0.672. The zero-order valence-corrected chi connectivity index (χ0v) is 12.5. The zero-order chi connectivity index (χ0) is 15.8. The molecule has 1 aliphatic rings. The van der Waals surface area contributed by atoms with Gasteiger partial charge in [0.2, 0.25) is 0 Å². The van der Waals surface area contributed by atoms with E-state index in [1.165, 1.54) is 6.33 Å². The lowest BCUT2D eigenvalue weighted by Gasteiger charge is -2.29. The lowest BCUT2D eigenvalue weighted by atomic mass is 10.1. The van der Waals surface area contributed by atoms with Gasteiger partial charge in [-0.15, -0.1) is 0 Å². The fourth-order valence-electron chi connectivity index (χ4n) is 3.07. The van der Waals surface area contributed by atoms with E-state index in [1.807, 2.05) is 12.3 Å². The number of aliphatic hydroxyl groups is 1. The average Bonchev–Trinajstić information content (AvgIpc) is 3.23. The summed E-state index contributed by atoms with van der Waals surface area (Å²) in [6.45, 7) is 1.07. The maximum absolute atomic E-state index is 12.5. The van der Waals surface area contributed by atoms with Crippen molar-refractivity contribution < 1.29 is 11.3 Å². The molecule has 0 aromatic carbocycles. The first-order chi connectivity index (χ1) is 11.2. The molecule has 1 aliphatic heterocycles. The van der Waals surface area contributed by atoms with Crippen molar-refractivity contribution in [2.24, 2.45) is 0 Å². The van der Waals surface area contributed by atoms with Crippen LogP contribution in [0.25, 0.3) is 22.3 Å². The van der Waals surface area contributed by atoms with Gasteiger partial charge in [-0.3, -0.25) is 4.79 Å². The van der Waals surface area contributed by atoms with Crippen molar-refractivity contribution in [3.05, 3.63) is 36.5 Å². The summed E-state index contributed by atoms with van der Waals surface area (Å²) in [7, 11) is 0. The Morgan fingerprint density at radius 1 is 1.39 bits per heavy atom. The molecule has 0 spiro atoms. The lowest BCUT2D eigenvalue weighted by molar-refractivity contribution is 0.0469. The van der Waals surface area contributed by atoms with Crippen molar-refractivity contribution in [3.8, 4) is 11.3 Å². The molecule has 3 aromatic heterocycles. The minimum absolute atomic E-state index is 0. The molecule has 1 unspecified atom stereocenters. The zero-order valence-electron chi connectivity index (χ0n) is 12.5. The number of piperidine rings is 1. The number of likely N-dealkylation sites (tertiary alicyclic amines) is 1. The first-order valence-corrected chi connectivity index (χ1v) is 7.66. The molecule has 7 nitrogen and oxygen atoms in total. The molecule has 23 heavy (non-hydrogen) atoms. The van der Waals surface area contributed by atoms with E-state index in [-0.39, 0.29) is 7.33 Å². The third-order valence-electron chi connectivity index (χ3n) is 4.22. The molecule has 1 atom stereocenters. The number of nitrogens with zero attached hydrogens (tertiary/aromatic N) is 3. The molecule has 0 radical (unpaired) electrons. The van der Waals surface area contributed by atoms with Crippen LogP contribution in [0.3, 0.4) is 0 Å². The van der Waals surface area contributed by atoms with Crippen LogP contribution in [0, 0.1) is 0 Å². The summed E-state index contributed by atoms with van der Waals surface area (Å²) in [6.07, 6.45) is 6.26. The van der Waals surface area contributed by atoms with Crippen LogP contribution < -0.4 is 0 Å². The predicted molar refractivity (Wildman–Crippen MR) is 86.9 cm³/mol. The predicted octanol–water partition coefficient (Wildman–Crippen LogP) is 1.80. The smallest absolute Gasteiger partial charge is 0.270 e. The average molecular weight is 313 g/mol. The maximum atomic E-state index is 12.5. The van der Waals surface area contributed by atoms with Crippen molar-refractivity contribution in [2.45, 2.75) is 18.9 Å². The Morgan fingerprint density at radius 2 is 2.30 bits per heavy atom. The summed E-state index contributed by atoms with van der Waals surface area (Å²) in [4.78, 5) is 28.8. The Labute approximate surface area is 133 Å². The Bertz CT molecular complexity index is 859. The van der Waals surface area contributed by atoms with Crippen molar-refractivity contribution in [2.75, 3.05) is 13.1 Å². The molecule has 3 N–H and O–H groups in total. The largest absolute Gasteiger partial charge is 0.391 e. The number of hydrogen-bond acceptors (Lipinski definition) is 4. The summed E-state index contributed by atoms with van der Waals surface area (Å²) in [5.74, 6) is -0.0885. The molecule has 1 fully saturated rings. The van der Waals surface area contributed by atoms with Gasteiger partial charge in [0.15, 0.2) is 0 Å². The first kappa shape index (κ1) is 14.0. The Balaban J connectivity index is 0.00000169. The second-order valence-corrected chi connectivity index (χ2v) is 5.81. The Kier molecular flexibility index (Phi) is 3.34. The van der Waals surface area contributed by atoms with Gasteiger partial charge in [0.1, 0.15) is 17.7 Å². The second kappa shape index (κ2) is 5.51. The van der Waals surface area contributed by atoms with Crippen LogP contribution in [-0.4, -0.2) is 55.0 Å². The van der Waals surface area contributed by atoms with E-state index in [9.17, 15) is 9.90 Å². The molecular formula is C16H19N5O2. The molecule has 120 valence electrons. The van der Waals surface area contributed by atoms with E-state index in [2.05, 4.69) is 19.9 Å². The monoisotopic (exact) mass is 313 g/mol. The number of hydrogen-bond donors (Lipinski definition) is 3. The molecule has 0 bridgehead atoms. The summed E-state index contributed by atoms with van der Waals surface area (Å²) in [6, 6.07) is 3.72. The van der Waals surface area contributed by atoms with Gasteiger partial charge in [-0.2, -0.15) is 0 Å².